The third-order valence-electron chi connectivity index (χ3n) is 13.2. The van der Waals surface area contributed by atoms with Crippen molar-refractivity contribution in [2.45, 2.75) is 182 Å². The van der Waals surface area contributed by atoms with Gasteiger partial charge in [-0.15, -0.1) is 0 Å². The van der Waals surface area contributed by atoms with Gasteiger partial charge in [0.25, 0.3) is 0 Å². The molecule has 2 aromatic carbocycles. The second kappa shape index (κ2) is 19.1. The number of aliphatic hydroxyl groups is 1. The molecular weight excluding hydrogens is 757 g/mol. The summed E-state index contributed by atoms with van der Waals surface area (Å²) in [5, 5.41) is 17.9. The van der Waals surface area contributed by atoms with Crippen LogP contribution in [0.2, 0.25) is 0 Å². The second-order valence-electron chi connectivity index (χ2n) is 17.8. The second-order valence-corrected chi connectivity index (χ2v) is 17.8. The first-order chi connectivity index (χ1) is 27.3. The summed E-state index contributed by atoms with van der Waals surface area (Å²) in [7, 11) is 2.83. The number of hydrogen-bond acceptors (Lipinski definition) is 11. The summed E-state index contributed by atoms with van der Waals surface area (Å²) in [6.45, 7) is 16.7. The maximum absolute atomic E-state index is 11.6. The molecular formula is C47H70O12. The fraction of sp³-hybridized carbons (Fsp3) is 0.681. The lowest BCUT2D eigenvalue weighted by Gasteiger charge is -2.42. The van der Waals surface area contributed by atoms with Gasteiger partial charge in [-0.25, -0.2) is 0 Å². The fourth-order valence-corrected chi connectivity index (χ4v) is 8.86. The first kappa shape index (κ1) is 47.6. The highest BCUT2D eigenvalue weighted by Crippen LogP contribution is 2.50. The van der Waals surface area contributed by atoms with Crippen LogP contribution < -0.4 is 18.9 Å². The largest absolute Gasteiger partial charge is 0.487 e. The summed E-state index contributed by atoms with van der Waals surface area (Å²) in [5.74, 6) is 2.59. The van der Waals surface area contributed by atoms with Gasteiger partial charge < -0.3 is 43.4 Å². The molecule has 4 heterocycles. The third kappa shape index (κ3) is 10.8. The van der Waals surface area contributed by atoms with Crippen molar-refractivity contribution in [3.05, 3.63) is 44.5 Å². The standard InChI is InChI=1S/C24H34O6.C22H32O6.CH4/c1-15-16(2)22-18(8-12-24(4,30-22)14-10-20(26)28-6)17-7-11-23(3,29-21(15)17)13-9-19(25)27-5;1-14-15(2)20-17(6-9-22(4,28-20)11-12-26-13-23)16-5-8-21(3,27-19(14)16)10-7-18(24)25;/h7-14H2,1-6H3;23H,5-13H2,1-4H3,(H,24,25);1H4. The van der Waals surface area contributed by atoms with Crippen molar-refractivity contribution < 1.29 is 57.8 Å². The SMILES string of the molecule is C.COC(=O)CCC1(C)CCc2c3c(c(C)c(C)c2O1)OC(C)(CCC(=O)OC)CC3.Cc1c(C)c2c(c3c1OC(C)(CCOCO)CC3)CCC(C)(CCC(=O)O)O2. The molecule has 12 heteroatoms. The molecule has 0 fully saturated rings. The number of aliphatic carboxylic acids is 1. The van der Waals surface area contributed by atoms with E-state index in [-0.39, 0.29) is 49.4 Å². The van der Waals surface area contributed by atoms with Crippen molar-refractivity contribution >= 4 is 17.9 Å². The molecule has 0 amide bonds. The molecule has 330 valence electrons. The number of hydrogen-bond donors (Lipinski definition) is 2. The van der Waals surface area contributed by atoms with Crippen LogP contribution in [0.5, 0.6) is 23.0 Å². The molecule has 4 aliphatic rings. The van der Waals surface area contributed by atoms with Crippen molar-refractivity contribution in [3.63, 3.8) is 0 Å². The molecule has 0 saturated heterocycles. The number of fused-ring (bicyclic) bond motifs is 6. The van der Waals surface area contributed by atoms with Crippen LogP contribution in [-0.2, 0) is 54.3 Å². The Labute approximate surface area is 351 Å². The average molecular weight is 827 g/mol. The number of methoxy groups -OCH3 is 2. The van der Waals surface area contributed by atoms with Crippen LogP contribution in [-0.4, -0.2) is 78.1 Å². The Hall–Kier alpha value is -4.03. The molecule has 2 N–H and O–H groups in total. The number of rotatable bonds is 13. The Morgan fingerprint density at radius 1 is 0.542 bits per heavy atom. The maximum atomic E-state index is 11.6. The van der Waals surface area contributed by atoms with Crippen molar-refractivity contribution in [2.24, 2.45) is 0 Å². The van der Waals surface area contributed by atoms with Gasteiger partial charge in [0.05, 0.1) is 20.8 Å². The van der Waals surface area contributed by atoms with Gasteiger partial charge in [0.2, 0.25) is 0 Å². The van der Waals surface area contributed by atoms with E-state index in [1.807, 2.05) is 6.92 Å². The zero-order chi connectivity index (χ0) is 42.6. The van der Waals surface area contributed by atoms with Gasteiger partial charge in [-0.2, -0.15) is 0 Å². The van der Waals surface area contributed by atoms with Crippen LogP contribution in [0.3, 0.4) is 0 Å². The van der Waals surface area contributed by atoms with Crippen molar-refractivity contribution in [1.82, 2.24) is 0 Å². The smallest absolute Gasteiger partial charge is 0.305 e. The Morgan fingerprint density at radius 3 is 1.10 bits per heavy atom. The summed E-state index contributed by atoms with van der Waals surface area (Å²) in [6.07, 6.45) is 10.3. The predicted octanol–water partition coefficient (Wildman–Crippen LogP) is 8.71. The number of carbonyl (C=O) groups is 3. The highest BCUT2D eigenvalue weighted by molar-refractivity contribution is 5.70. The summed E-state index contributed by atoms with van der Waals surface area (Å²) < 4.78 is 40.6. The molecule has 0 saturated carbocycles. The number of benzene rings is 2. The van der Waals surface area contributed by atoms with Gasteiger partial charge in [-0.1, -0.05) is 7.43 Å². The summed E-state index contributed by atoms with van der Waals surface area (Å²) in [4.78, 5) is 34.2. The Kier molecular flexibility index (Phi) is 15.4. The molecule has 6 rings (SSSR count). The first-order valence-electron chi connectivity index (χ1n) is 20.9. The van der Waals surface area contributed by atoms with E-state index in [0.717, 1.165) is 103 Å². The normalized spacial score (nSPS) is 24.9. The van der Waals surface area contributed by atoms with E-state index < -0.39 is 11.6 Å². The van der Waals surface area contributed by atoms with E-state index in [2.05, 4.69) is 48.5 Å². The molecule has 0 bridgehead atoms. The number of carboxylic acid groups (broad SMARTS) is 1. The van der Waals surface area contributed by atoms with Crippen LogP contribution in [0, 0.1) is 27.7 Å². The zero-order valence-electron chi connectivity index (χ0n) is 36.5. The minimum absolute atomic E-state index is 0. The molecule has 4 unspecified atom stereocenters. The Morgan fingerprint density at radius 2 is 0.831 bits per heavy atom. The third-order valence-corrected chi connectivity index (χ3v) is 13.2. The molecule has 4 aliphatic heterocycles. The molecule has 0 radical (unpaired) electrons. The van der Waals surface area contributed by atoms with Gasteiger partial charge in [0.15, 0.2) is 0 Å². The number of aliphatic hydroxyl groups excluding tert-OH is 1. The van der Waals surface area contributed by atoms with Crippen LogP contribution in [0.25, 0.3) is 0 Å². The highest BCUT2D eigenvalue weighted by atomic mass is 16.6. The molecule has 59 heavy (non-hydrogen) atoms. The van der Waals surface area contributed by atoms with Crippen LogP contribution in [0.1, 0.15) is 150 Å². The number of ether oxygens (including phenoxy) is 7. The van der Waals surface area contributed by atoms with E-state index in [9.17, 15) is 14.4 Å². The maximum Gasteiger partial charge on any atom is 0.305 e. The molecule has 2 aromatic rings. The molecule has 0 aromatic heterocycles. The lowest BCUT2D eigenvalue weighted by Crippen LogP contribution is -2.40. The minimum Gasteiger partial charge on any atom is -0.487 e. The predicted molar refractivity (Wildman–Crippen MR) is 225 cm³/mol. The van der Waals surface area contributed by atoms with Gasteiger partial charge in [-0.05, 0) is 148 Å². The van der Waals surface area contributed by atoms with E-state index in [1.54, 1.807) is 0 Å². The molecule has 0 aliphatic carbocycles. The quantitative estimate of drug-likeness (QED) is 0.113. The van der Waals surface area contributed by atoms with Crippen molar-refractivity contribution in [2.75, 3.05) is 27.6 Å². The zero-order valence-corrected chi connectivity index (χ0v) is 36.5. The fourth-order valence-electron chi connectivity index (χ4n) is 8.86. The van der Waals surface area contributed by atoms with Gasteiger partial charge in [0, 0.05) is 47.9 Å². The van der Waals surface area contributed by atoms with Gasteiger partial charge >= 0.3 is 17.9 Å². The lowest BCUT2D eigenvalue weighted by molar-refractivity contribution is -0.142. The van der Waals surface area contributed by atoms with Gasteiger partial charge in [0.1, 0.15) is 52.2 Å². The van der Waals surface area contributed by atoms with E-state index >= 15 is 0 Å². The number of esters is 2. The summed E-state index contributed by atoms with van der Waals surface area (Å²) in [6, 6.07) is 0. The van der Waals surface area contributed by atoms with E-state index in [0.29, 0.717) is 38.7 Å². The first-order valence-corrected chi connectivity index (χ1v) is 20.9. The van der Waals surface area contributed by atoms with Crippen LogP contribution >= 0.6 is 0 Å². The molecule has 0 spiro atoms. The minimum atomic E-state index is -0.785. The topological polar surface area (TPSA) is 156 Å². The number of carbonyl (C=O) groups excluding carboxylic acids is 2. The van der Waals surface area contributed by atoms with Crippen molar-refractivity contribution in [3.8, 4) is 23.0 Å². The number of carboxylic acids is 1. The monoisotopic (exact) mass is 826 g/mol. The Bertz CT molecular complexity index is 1800. The molecule has 12 nitrogen and oxygen atoms in total. The molecule has 4 atom stereocenters. The summed E-state index contributed by atoms with van der Waals surface area (Å²) >= 11 is 0. The summed E-state index contributed by atoms with van der Waals surface area (Å²) in [5.41, 5.74) is 7.76. The van der Waals surface area contributed by atoms with Gasteiger partial charge in [-0.3, -0.25) is 14.4 Å². The Balaban J connectivity index is 0.000000257. The average Bonchev–Trinajstić information content (AvgIpc) is 3.20. The van der Waals surface area contributed by atoms with Crippen LogP contribution in [0.15, 0.2) is 0 Å². The van der Waals surface area contributed by atoms with Crippen LogP contribution in [0.4, 0.5) is 0 Å². The van der Waals surface area contributed by atoms with E-state index in [1.165, 1.54) is 36.5 Å². The van der Waals surface area contributed by atoms with Crippen molar-refractivity contribution in [1.29, 1.82) is 0 Å². The van der Waals surface area contributed by atoms with E-state index in [4.69, 9.17) is 43.4 Å². The highest BCUT2D eigenvalue weighted by Gasteiger charge is 2.41. The lowest BCUT2D eigenvalue weighted by atomic mass is 9.80.